The third-order valence-corrected chi connectivity index (χ3v) is 3.65. The predicted octanol–water partition coefficient (Wildman–Crippen LogP) is 3.34. The van der Waals surface area contributed by atoms with Crippen molar-refractivity contribution >= 4 is 11.6 Å². The first kappa shape index (κ1) is 17.4. The summed E-state index contributed by atoms with van der Waals surface area (Å²) in [5.41, 5.74) is 3.51. The lowest BCUT2D eigenvalue weighted by molar-refractivity contribution is -0.118. The second-order valence-electron chi connectivity index (χ2n) is 5.76. The molecule has 0 saturated carbocycles. The quantitative estimate of drug-likeness (QED) is 0.883. The van der Waals surface area contributed by atoms with Crippen LogP contribution in [-0.2, 0) is 11.2 Å². The molecule has 0 aliphatic carbocycles. The lowest BCUT2D eigenvalue weighted by Crippen LogP contribution is -2.23. The second-order valence-corrected chi connectivity index (χ2v) is 5.76. The van der Waals surface area contributed by atoms with Crippen LogP contribution in [0.25, 0.3) is 0 Å². The van der Waals surface area contributed by atoms with Gasteiger partial charge >= 0.3 is 0 Å². The van der Waals surface area contributed by atoms with Crippen LogP contribution in [0.4, 0.5) is 5.69 Å². The van der Waals surface area contributed by atoms with Crippen molar-refractivity contribution < 1.29 is 14.6 Å². The van der Waals surface area contributed by atoms with E-state index in [9.17, 15) is 15.2 Å². The van der Waals surface area contributed by atoms with E-state index in [-0.39, 0.29) is 18.1 Å². The lowest BCUT2D eigenvalue weighted by atomic mass is 9.99. The Labute approximate surface area is 141 Å². The zero-order valence-electron chi connectivity index (χ0n) is 14.0. The first-order chi connectivity index (χ1) is 11.4. The van der Waals surface area contributed by atoms with Crippen molar-refractivity contribution in [1.29, 1.82) is 5.26 Å². The molecule has 0 aromatic heterocycles. The summed E-state index contributed by atoms with van der Waals surface area (Å²) in [6.07, 6.45) is 0.240. The summed E-state index contributed by atoms with van der Waals surface area (Å²) in [4.78, 5) is 12.4. The number of hydrogen-bond acceptors (Lipinski definition) is 4. The molecule has 1 atom stereocenters. The van der Waals surface area contributed by atoms with Gasteiger partial charge in [-0.05, 0) is 61.2 Å². The van der Waals surface area contributed by atoms with Crippen molar-refractivity contribution in [2.75, 3.05) is 12.4 Å². The van der Waals surface area contributed by atoms with E-state index >= 15 is 0 Å². The number of carbonyl (C=O) groups is 1. The fraction of sp³-hybridized carbons (Fsp3) is 0.263. The molecule has 0 saturated heterocycles. The van der Waals surface area contributed by atoms with Gasteiger partial charge in [-0.25, -0.2) is 0 Å². The standard InChI is InChI=1S/C19H20N2O3/c1-12-6-13(2)8-16(7-12)21-19(23)15(11-20)9-14-4-5-17(22)18(10-14)24-3/h4-8,10,15,22H,9H2,1-3H3,(H,21,23)/t15-/m1/s1. The highest BCUT2D eigenvalue weighted by Gasteiger charge is 2.19. The molecular formula is C19H20N2O3. The smallest absolute Gasteiger partial charge is 0.242 e. The number of benzene rings is 2. The summed E-state index contributed by atoms with van der Waals surface area (Å²) >= 11 is 0. The Hall–Kier alpha value is -3.00. The van der Waals surface area contributed by atoms with Crippen LogP contribution >= 0.6 is 0 Å². The van der Waals surface area contributed by atoms with Crippen LogP contribution in [0.3, 0.4) is 0 Å². The SMILES string of the molecule is COc1cc(C[C@H](C#N)C(=O)Nc2cc(C)cc(C)c2)ccc1O. The summed E-state index contributed by atoms with van der Waals surface area (Å²) < 4.78 is 5.05. The van der Waals surface area contributed by atoms with Gasteiger partial charge in [0.1, 0.15) is 5.92 Å². The van der Waals surface area contributed by atoms with Gasteiger partial charge in [0.2, 0.25) is 5.91 Å². The maximum absolute atomic E-state index is 12.4. The molecular weight excluding hydrogens is 304 g/mol. The molecule has 0 spiro atoms. The van der Waals surface area contributed by atoms with Crippen LogP contribution in [0.15, 0.2) is 36.4 Å². The molecule has 2 rings (SSSR count). The van der Waals surface area contributed by atoms with Gasteiger partial charge in [0.05, 0.1) is 13.2 Å². The van der Waals surface area contributed by atoms with Crippen molar-refractivity contribution in [3.8, 4) is 17.6 Å². The van der Waals surface area contributed by atoms with Gasteiger partial charge in [-0.1, -0.05) is 12.1 Å². The maximum Gasteiger partial charge on any atom is 0.242 e. The summed E-state index contributed by atoms with van der Waals surface area (Å²) in [5.74, 6) is -0.844. The number of nitrogens with one attached hydrogen (secondary N) is 1. The number of phenols is 1. The zero-order valence-corrected chi connectivity index (χ0v) is 14.0. The van der Waals surface area contributed by atoms with Gasteiger partial charge in [-0.3, -0.25) is 4.79 Å². The van der Waals surface area contributed by atoms with E-state index in [1.807, 2.05) is 38.1 Å². The van der Waals surface area contributed by atoms with E-state index in [2.05, 4.69) is 5.32 Å². The monoisotopic (exact) mass is 324 g/mol. The number of phenolic OH excluding ortho intramolecular Hbond substituents is 1. The number of aryl methyl sites for hydroxylation is 2. The summed E-state index contributed by atoms with van der Waals surface area (Å²) in [6.45, 7) is 3.90. The van der Waals surface area contributed by atoms with Crippen LogP contribution in [0.2, 0.25) is 0 Å². The van der Waals surface area contributed by atoms with Gasteiger partial charge in [-0.2, -0.15) is 5.26 Å². The first-order valence-electron chi connectivity index (χ1n) is 7.57. The molecule has 2 aromatic rings. The van der Waals surface area contributed by atoms with Gasteiger partial charge < -0.3 is 15.2 Å². The molecule has 5 heteroatoms. The number of nitrogens with zero attached hydrogens (tertiary/aromatic N) is 1. The summed E-state index contributed by atoms with van der Waals surface area (Å²) in [5, 5.41) is 21.7. The Morgan fingerprint density at radius 2 is 1.92 bits per heavy atom. The van der Waals surface area contributed by atoms with Gasteiger partial charge in [-0.15, -0.1) is 0 Å². The molecule has 2 N–H and O–H groups in total. The first-order valence-corrected chi connectivity index (χ1v) is 7.57. The number of methoxy groups -OCH3 is 1. The fourth-order valence-corrected chi connectivity index (χ4v) is 2.56. The van der Waals surface area contributed by atoms with Crippen molar-refractivity contribution in [3.05, 3.63) is 53.1 Å². The van der Waals surface area contributed by atoms with E-state index in [1.165, 1.54) is 13.2 Å². The van der Waals surface area contributed by atoms with E-state index in [1.54, 1.807) is 12.1 Å². The number of hydrogen-bond donors (Lipinski definition) is 2. The number of ether oxygens (including phenoxy) is 1. The van der Waals surface area contributed by atoms with Crippen LogP contribution in [0.5, 0.6) is 11.5 Å². The molecule has 0 radical (unpaired) electrons. The Morgan fingerprint density at radius 1 is 1.25 bits per heavy atom. The van der Waals surface area contributed by atoms with E-state index < -0.39 is 5.92 Å². The molecule has 0 unspecified atom stereocenters. The molecule has 1 amide bonds. The average molecular weight is 324 g/mol. The number of carbonyl (C=O) groups excluding carboxylic acids is 1. The van der Waals surface area contributed by atoms with Crippen LogP contribution in [0, 0.1) is 31.1 Å². The third kappa shape index (κ3) is 4.26. The van der Waals surface area contributed by atoms with Crippen molar-refractivity contribution in [3.63, 3.8) is 0 Å². The normalized spacial score (nSPS) is 11.4. The highest BCUT2D eigenvalue weighted by atomic mass is 16.5. The highest BCUT2D eigenvalue weighted by Crippen LogP contribution is 2.27. The lowest BCUT2D eigenvalue weighted by Gasteiger charge is -2.12. The fourth-order valence-electron chi connectivity index (χ4n) is 2.56. The molecule has 5 nitrogen and oxygen atoms in total. The van der Waals surface area contributed by atoms with Crippen molar-refractivity contribution in [2.45, 2.75) is 20.3 Å². The zero-order chi connectivity index (χ0) is 17.7. The number of amides is 1. The van der Waals surface area contributed by atoms with Crippen LogP contribution in [0.1, 0.15) is 16.7 Å². The molecule has 0 heterocycles. The topological polar surface area (TPSA) is 82.3 Å². The van der Waals surface area contributed by atoms with E-state index in [0.29, 0.717) is 11.4 Å². The molecule has 0 fully saturated rings. The van der Waals surface area contributed by atoms with Gasteiger partial charge in [0.25, 0.3) is 0 Å². The molecule has 0 aliphatic heterocycles. The third-order valence-electron chi connectivity index (χ3n) is 3.65. The predicted molar refractivity (Wildman–Crippen MR) is 92.0 cm³/mol. The maximum atomic E-state index is 12.4. The van der Waals surface area contributed by atoms with E-state index in [4.69, 9.17) is 4.74 Å². The minimum atomic E-state index is -0.833. The highest BCUT2D eigenvalue weighted by molar-refractivity contribution is 5.94. The average Bonchev–Trinajstić information content (AvgIpc) is 2.52. The number of aromatic hydroxyl groups is 1. The van der Waals surface area contributed by atoms with Crippen LogP contribution in [-0.4, -0.2) is 18.1 Å². The Kier molecular flexibility index (Phi) is 5.43. The number of nitriles is 1. The number of rotatable bonds is 5. The van der Waals surface area contributed by atoms with Crippen molar-refractivity contribution in [2.24, 2.45) is 5.92 Å². The summed E-state index contributed by atoms with van der Waals surface area (Å²) in [7, 11) is 1.45. The summed E-state index contributed by atoms with van der Waals surface area (Å²) in [6, 6.07) is 12.6. The molecule has 124 valence electrons. The molecule has 24 heavy (non-hydrogen) atoms. The Morgan fingerprint density at radius 3 is 2.50 bits per heavy atom. The minimum Gasteiger partial charge on any atom is -0.504 e. The molecule has 0 bridgehead atoms. The molecule has 2 aromatic carbocycles. The van der Waals surface area contributed by atoms with Gasteiger partial charge in [0, 0.05) is 5.69 Å². The van der Waals surface area contributed by atoms with Gasteiger partial charge in [0.15, 0.2) is 11.5 Å². The molecule has 0 aliphatic rings. The Bertz CT molecular complexity index is 773. The Balaban J connectivity index is 2.13. The minimum absolute atomic E-state index is 0.0226. The van der Waals surface area contributed by atoms with Crippen LogP contribution < -0.4 is 10.1 Å². The van der Waals surface area contributed by atoms with Crippen molar-refractivity contribution in [1.82, 2.24) is 0 Å². The second kappa shape index (κ2) is 7.51. The number of anilines is 1. The van der Waals surface area contributed by atoms with E-state index in [0.717, 1.165) is 16.7 Å². The largest absolute Gasteiger partial charge is 0.504 e.